The lowest BCUT2D eigenvalue weighted by molar-refractivity contribution is 0.0308. The van der Waals surface area contributed by atoms with Crippen LogP contribution in [0.3, 0.4) is 0 Å². The molecule has 3 nitrogen and oxygen atoms in total. The first kappa shape index (κ1) is 15.3. The second kappa shape index (κ2) is 7.09. The lowest BCUT2D eigenvalue weighted by Gasteiger charge is -2.32. The van der Waals surface area contributed by atoms with Crippen molar-refractivity contribution in [2.45, 2.75) is 51.0 Å². The maximum Gasteiger partial charge on any atom is 0.122 e. The van der Waals surface area contributed by atoms with Crippen LogP contribution in [0.15, 0.2) is 24.3 Å². The molecular formula is C17H27NO2. The van der Waals surface area contributed by atoms with Crippen LogP contribution in [0.5, 0.6) is 5.75 Å². The molecule has 2 atom stereocenters. The van der Waals surface area contributed by atoms with Gasteiger partial charge in [-0.05, 0) is 63.2 Å². The van der Waals surface area contributed by atoms with Gasteiger partial charge in [-0.2, -0.15) is 0 Å². The van der Waals surface area contributed by atoms with E-state index in [0.717, 1.165) is 51.1 Å². The molecule has 0 aromatic heterocycles. The highest BCUT2D eigenvalue weighted by atomic mass is 16.5. The van der Waals surface area contributed by atoms with Crippen molar-refractivity contribution < 1.29 is 9.84 Å². The Morgan fingerprint density at radius 3 is 2.95 bits per heavy atom. The average Bonchev–Trinajstić information content (AvgIpc) is 2.44. The van der Waals surface area contributed by atoms with Crippen LogP contribution in [0, 0.1) is 0 Å². The summed E-state index contributed by atoms with van der Waals surface area (Å²) in [7, 11) is 0. The molecule has 0 spiro atoms. The van der Waals surface area contributed by atoms with Gasteiger partial charge < -0.3 is 15.2 Å². The first-order valence-electron chi connectivity index (χ1n) is 7.77. The van der Waals surface area contributed by atoms with Gasteiger partial charge in [0, 0.05) is 0 Å². The van der Waals surface area contributed by atoms with Crippen LogP contribution in [0.25, 0.3) is 0 Å². The summed E-state index contributed by atoms with van der Waals surface area (Å²) in [5.74, 6) is 1.39. The Morgan fingerprint density at radius 2 is 2.15 bits per heavy atom. The molecule has 2 unspecified atom stereocenters. The highest BCUT2D eigenvalue weighted by Crippen LogP contribution is 2.38. The van der Waals surface area contributed by atoms with Crippen molar-refractivity contribution in [1.82, 2.24) is 5.32 Å². The Balaban J connectivity index is 1.92. The molecular weight excluding hydrogens is 250 g/mol. The maximum atomic E-state index is 10.6. The summed E-state index contributed by atoms with van der Waals surface area (Å²) in [5.41, 5.74) is 0.635. The van der Waals surface area contributed by atoms with Gasteiger partial charge in [0.1, 0.15) is 5.75 Å². The molecule has 1 aromatic carbocycles. The van der Waals surface area contributed by atoms with Gasteiger partial charge in [0.2, 0.25) is 0 Å². The van der Waals surface area contributed by atoms with Crippen molar-refractivity contribution in [3.8, 4) is 5.75 Å². The minimum Gasteiger partial charge on any atom is -0.493 e. The number of ether oxygens (including phenoxy) is 1. The van der Waals surface area contributed by atoms with E-state index >= 15 is 0 Å². The molecule has 0 amide bonds. The Kier molecular flexibility index (Phi) is 5.44. The Hall–Kier alpha value is -1.06. The van der Waals surface area contributed by atoms with Crippen molar-refractivity contribution >= 4 is 0 Å². The zero-order chi connectivity index (χ0) is 14.4. The lowest BCUT2D eigenvalue weighted by Crippen LogP contribution is -2.33. The average molecular weight is 277 g/mol. The normalized spacial score (nSPS) is 20.9. The summed E-state index contributed by atoms with van der Waals surface area (Å²) in [6.45, 7) is 6.77. The quantitative estimate of drug-likeness (QED) is 0.753. The predicted octanol–water partition coefficient (Wildman–Crippen LogP) is 3.08. The van der Waals surface area contributed by atoms with E-state index in [1.807, 2.05) is 19.1 Å². The minimum atomic E-state index is -0.615. The largest absolute Gasteiger partial charge is 0.493 e. The van der Waals surface area contributed by atoms with E-state index in [1.165, 1.54) is 5.56 Å². The number of benzene rings is 1. The van der Waals surface area contributed by atoms with Crippen molar-refractivity contribution in [3.05, 3.63) is 29.8 Å². The second-order valence-electron chi connectivity index (χ2n) is 6.07. The number of hydrogen-bond acceptors (Lipinski definition) is 3. The number of aliphatic hydroxyl groups is 1. The fourth-order valence-corrected chi connectivity index (χ4v) is 2.92. The van der Waals surface area contributed by atoms with Crippen molar-refractivity contribution in [1.29, 1.82) is 0 Å². The van der Waals surface area contributed by atoms with Crippen LogP contribution in [-0.4, -0.2) is 30.4 Å². The van der Waals surface area contributed by atoms with Gasteiger partial charge in [-0.3, -0.25) is 0 Å². The van der Waals surface area contributed by atoms with Crippen LogP contribution in [0.2, 0.25) is 0 Å². The van der Waals surface area contributed by atoms with Crippen LogP contribution in [0.1, 0.15) is 51.0 Å². The molecule has 1 aliphatic heterocycles. The number of fused-ring (bicyclic) bond motifs is 1. The van der Waals surface area contributed by atoms with E-state index in [4.69, 9.17) is 4.74 Å². The van der Waals surface area contributed by atoms with Crippen LogP contribution >= 0.6 is 0 Å². The molecule has 3 heteroatoms. The molecule has 20 heavy (non-hydrogen) atoms. The highest BCUT2D eigenvalue weighted by Gasteiger charge is 2.29. The van der Waals surface area contributed by atoms with Crippen molar-refractivity contribution in [2.75, 3.05) is 19.7 Å². The maximum absolute atomic E-state index is 10.6. The fraction of sp³-hybridized carbons (Fsp3) is 0.647. The van der Waals surface area contributed by atoms with Gasteiger partial charge in [0.05, 0.1) is 12.2 Å². The molecule has 1 heterocycles. The van der Waals surface area contributed by atoms with Crippen molar-refractivity contribution in [2.24, 2.45) is 0 Å². The zero-order valence-corrected chi connectivity index (χ0v) is 12.7. The topological polar surface area (TPSA) is 41.5 Å². The molecule has 0 radical (unpaired) electrons. The summed E-state index contributed by atoms with van der Waals surface area (Å²) in [4.78, 5) is 0. The standard InChI is InChI=1S/C17H27NO2/c1-3-10-18-11-9-17(2,19)13-14-8-12-20-16-7-5-4-6-15(14)16/h4-7,14,18-19H,3,8-13H2,1-2H3. The van der Waals surface area contributed by atoms with E-state index in [-0.39, 0.29) is 0 Å². The SMILES string of the molecule is CCCNCCC(C)(O)CC1CCOc2ccccc21. The van der Waals surface area contributed by atoms with E-state index in [1.54, 1.807) is 0 Å². The third-order valence-corrected chi connectivity index (χ3v) is 4.04. The van der Waals surface area contributed by atoms with E-state index in [9.17, 15) is 5.11 Å². The monoisotopic (exact) mass is 277 g/mol. The van der Waals surface area contributed by atoms with Gasteiger partial charge in [0.25, 0.3) is 0 Å². The molecule has 1 aromatic rings. The minimum absolute atomic E-state index is 0.404. The van der Waals surface area contributed by atoms with E-state index < -0.39 is 5.60 Å². The van der Waals surface area contributed by atoms with E-state index in [2.05, 4.69) is 24.4 Å². The summed E-state index contributed by atoms with van der Waals surface area (Å²) in [6, 6.07) is 8.22. The molecule has 112 valence electrons. The fourth-order valence-electron chi connectivity index (χ4n) is 2.92. The summed E-state index contributed by atoms with van der Waals surface area (Å²) in [5, 5.41) is 14.0. The number of para-hydroxylation sites is 1. The van der Waals surface area contributed by atoms with Gasteiger partial charge in [-0.25, -0.2) is 0 Å². The predicted molar refractivity (Wildman–Crippen MR) is 82.3 cm³/mol. The van der Waals surface area contributed by atoms with Gasteiger partial charge in [0.15, 0.2) is 0 Å². The van der Waals surface area contributed by atoms with E-state index in [0.29, 0.717) is 5.92 Å². The molecule has 2 rings (SSSR count). The first-order chi connectivity index (χ1) is 9.62. The van der Waals surface area contributed by atoms with Crippen molar-refractivity contribution in [3.63, 3.8) is 0 Å². The van der Waals surface area contributed by atoms with Gasteiger partial charge >= 0.3 is 0 Å². The molecule has 1 aliphatic rings. The summed E-state index contributed by atoms with van der Waals surface area (Å²) < 4.78 is 5.69. The Morgan fingerprint density at radius 1 is 1.35 bits per heavy atom. The molecule has 0 saturated carbocycles. The third-order valence-electron chi connectivity index (χ3n) is 4.04. The smallest absolute Gasteiger partial charge is 0.122 e. The Bertz CT molecular complexity index is 417. The van der Waals surface area contributed by atoms with Crippen LogP contribution in [0.4, 0.5) is 0 Å². The Labute approximate surface area is 122 Å². The molecule has 0 saturated heterocycles. The summed E-state index contributed by atoms with van der Waals surface area (Å²) >= 11 is 0. The molecule has 0 bridgehead atoms. The molecule has 0 aliphatic carbocycles. The summed E-state index contributed by atoms with van der Waals surface area (Å²) in [6.07, 6.45) is 3.73. The third kappa shape index (κ3) is 4.22. The number of rotatable bonds is 7. The zero-order valence-electron chi connectivity index (χ0n) is 12.7. The van der Waals surface area contributed by atoms with Crippen LogP contribution < -0.4 is 10.1 Å². The highest BCUT2D eigenvalue weighted by molar-refractivity contribution is 5.37. The van der Waals surface area contributed by atoms with Crippen LogP contribution in [-0.2, 0) is 0 Å². The molecule has 0 fully saturated rings. The lowest BCUT2D eigenvalue weighted by atomic mass is 9.82. The first-order valence-corrected chi connectivity index (χ1v) is 7.77. The van der Waals surface area contributed by atoms with Gasteiger partial charge in [-0.15, -0.1) is 0 Å². The second-order valence-corrected chi connectivity index (χ2v) is 6.07. The van der Waals surface area contributed by atoms with Gasteiger partial charge in [-0.1, -0.05) is 25.1 Å². The number of nitrogens with one attached hydrogen (secondary N) is 1. The molecule has 2 N–H and O–H groups in total. The number of hydrogen-bond donors (Lipinski definition) is 2.